The van der Waals surface area contributed by atoms with Crippen molar-refractivity contribution in [3.8, 4) is 11.4 Å². The Morgan fingerprint density at radius 3 is 3.06 bits per heavy atom. The van der Waals surface area contributed by atoms with Crippen LogP contribution in [0.2, 0.25) is 0 Å². The molecule has 0 saturated heterocycles. The van der Waals surface area contributed by atoms with E-state index < -0.39 is 0 Å². The van der Waals surface area contributed by atoms with Crippen molar-refractivity contribution in [2.75, 3.05) is 13.1 Å². The maximum absolute atomic E-state index is 4.57. The molecule has 2 aromatic heterocycles. The van der Waals surface area contributed by atoms with Crippen LogP contribution in [0.5, 0.6) is 0 Å². The molecule has 17 heavy (non-hydrogen) atoms. The third-order valence-corrected chi connectivity index (χ3v) is 3.19. The quantitative estimate of drug-likeness (QED) is 0.627. The molecular weight excluding hydrogens is 230 g/mol. The third-order valence-electron chi connectivity index (χ3n) is 2.28. The fraction of sp³-hybridized carbons (Fsp3) is 0.231. The van der Waals surface area contributed by atoms with E-state index in [1.807, 2.05) is 24.3 Å². The van der Waals surface area contributed by atoms with Crippen LogP contribution >= 0.6 is 11.3 Å². The Labute approximate surface area is 105 Å². The van der Waals surface area contributed by atoms with E-state index in [0.717, 1.165) is 35.9 Å². The van der Waals surface area contributed by atoms with Crippen LogP contribution in [0.15, 0.2) is 42.4 Å². The summed E-state index contributed by atoms with van der Waals surface area (Å²) in [6.45, 7) is 5.44. The largest absolute Gasteiger partial charge is 0.313 e. The van der Waals surface area contributed by atoms with Crippen LogP contribution in [0.25, 0.3) is 11.4 Å². The van der Waals surface area contributed by atoms with Gasteiger partial charge in [-0.2, -0.15) is 0 Å². The van der Waals surface area contributed by atoms with Crippen molar-refractivity contribution in [3.05, 3.63) is 47.4 Å². The molecule has 0 bridgehead atoms. The maximum Gasteiger partial charge on any atom is 0.0998 e. The van der Waals surface area contributed by atoms with Crippen molar-refractivity contribution in [3.63, 3.8) is 0 Å². The highest BCUT2D eigenvalue weighted by Gasteiger charge is 2.04. The highest BCUT2D eigenvalue weighted by atomic mass is 32.1. The first-order valence-electron chi connectivity index (χ1n) is 5.57. The number of hydrogen-bond acceptors (Lipinski definition) is 4. The summed E-state index contributed by atoms with van der Waals surface area (Å²) in [6, 6.07) is 5.87. The molecule has 0 saturated carbocycles. The van der Waals surface area contributed by atoms with Gasteiger partial charge in [0, 0.05) is 31.1 Å². The Balaban J connectivity index is 1.94. The molecule has 88 valence electrons. The second-order valence-electron chi connectivity index (χ2n) is 3.58. The second kappa shape index (κ2) is 6.27. The lowest BCUT2D eigenvalue weighted by atomic mass is 10.3. The predicted molar refractivity (Wildman–Crippen MR) is 72.1 cm³/mol. The molecule has 4 heteroatoms. The number of thiazole rings is 1. The van der Waals surface area contributed by atoms with Crippen LogP contribution < -0.4 is 5.32 Å². The van der Waals surface area contributed by atoms with E-state index in [4.69, 9.17) is 0 Å². The topological polar surface area (TPSA) is 37.8 Å². The summed E-state index contributed by atoms with van der Waals surface area (Å²) in [5.41, 5.74) is 1.91. The Morgan fingerprint density at radius 1 is 1.35 bits per heavy atom. The minimum atomic E-state index is 0.846. The fourth-order valence-electron chi connectivity index (χ4n) is 1.46. The Hall–Kier alpha value is -1.52. The molecular formula is C13H15N3S. The zero-order valence-electron chi connectivity index (χ0n) is 9.60. The van der Waals surface area contributed by atoms with E-state index >= 15 is 0 Å². The summed E-state index contributed by atoms with van der Waals surface area (Å²) < 4.78 is 0. The smallest absolute Gasteiger partial charge is 0.0998 e. The highest BCUT2D eigenvalue weighted by Crippen LogP contribution is 2.19. The standard InChI is InChI=1S/C13H15N3S/c1-2-7-14-9-6-13-16-12(10-17-13)11-5-3-4-8-15-11/h2-5,8,10,14H,1,6-7,9H2. The Kier molecular flexibility index (Phi) is 4.41. The number of hydrogen-bond donors (Lipinski definition) is 1. The normalized spacial score (nSPS) is 10.4. The van der Waals surface area contributed by atoms with E-state index in [1.165, 1.54) is 0 Å². The van der Waals surface area contributed by atoms with Crippen LogP contribution in [0.1, 0.15) is 5.01 Å². The van der Waals surface area contributed by atoms with Gasteiger partial charge in [-0.05, 0) is 12.1 Å². The Morgan fingerprint density at radius 2 is 2.29 bits per heavy atom. The number of aromatic nitrogens is 2. The van der Waals surface area contributed by atoms with Crippen molar-refractivity contribution < 1.29 is 0 Å². The molecule has 0 aromatic carbocycles. The van der Waals surface area contributed by atoms with Gasteiger partial charge in [0.05, 0.1) is 16.4 Å². The van der Waals surface area contributed by atoms with Crippen molar-refractivity contribution in [1.82, 2.24) is 15.3 Å². The molecule has 0 amide bonds. The third kappa shape index (κ3) is 3.47. The highest BCUT2D eigenvalue weighted by molar-refractivity contribution is 7.09. The minimum absolute atomic E-state index is 0.846. The first kappa shape index (κ1) is 12.0. The van der Waals surface area contributed by atoms with E-state index in [-0.39, 0.29) is 0 Å². The molecule has 2 aromatic rings. The van der Waals surface area contributed by atoms with E-state index in [9.17, 15) is 0 Å². The zero-order chi connectivity index (χ0) is 11.9. The lowest BCUT2D eigenvalue weighted by molar-refractivity contribution is 0.742. The molecule has 1 N–H and O–H groups in total. The van der Waals surface area contributed by atoms with Crippen molar-refractivity contribution >= 4 is 11.3 Å². The summed E-state index contributed by atoms with van der Waals surface area (Å²) >= 11 is 1.69. The Bertz CT molecular complexity index is 465. The van der Waals surface area contributed by atoms with Gasteiger partial charge < -0.3 is 5.32 Å². The predicted octanol–water partition coefficient (Wildman–Crippen LogP) is 2.52. The van der Waals surface area contributed by atoms with Crippen molar-refractivity contribution in [2.45, 2.75) is 6.42 Å². The summed E-state index contributed by atoms with van der Waals surface area (Å²) in [5.74, 6) is 0. The van der Waals surface area contributed by atoms with Crippen molar-refractivity contribution in [1.29, 1.82) is 0 Å². The molecule has 0 aliphatic carbocycles. The lowest BCUT2D eigenvalue weighted by Gasteiger charge is -1.98. The molecule has 2 rings (SSSR count). The molecule has 0 spiro atoms. The molecule has 0 radical (unpaired) electrons. The van der Waals surface area contributed by atoms with E-state index in [2.05, 4.69) is 27.2 Å². The maximum atomic E-state index is 4.57. The van der Waals surface area contributed by atoms with Crippen LogP contribution in [0, 0.1) is 0 Å². The zero-order valence-corrected chi connectivity index (χ0v) is 10.4. The van der Waals surface area contributed by atoms with Crippen LogP contribution in [-0.4, -0.2) is 23.1 Å². The van der Waals surface area contributed by atoms with Crippen molar-refractivity contribution in [2.24, 2.45) is 0 Å². The molecule has 2 heterocycles. The van der Waals surface area contributed by atoms with E-state index in [1.54, 1.807) is 17.5 Å². The molecule has 3 nitrogen and oxygen atoms in total. The monoisotopic (exact) mass is 245 g/mol. The van der Waals surface area contributed by atoms with Gasteiger partial charge in [-0.3, -0.25) is 4.98 Å². The molecule has 0 aliphatic rings. The second-order valence-corrected chi connectivity index (χ2v) is 4.53. The van der Waals surface area contributed by atoms with Gasteiger partial charge in [0.1, 0.15) is 0 Å². The van der Waals surface area contributed by atoms with Crippen LogP contribution in [-0.2, 0) is 6.42 Å². The molecule has 0 unspecified atom stereocenters. The average molecular weight is 245 g/mol. The summed E-state index contributed by atoms with van der Waals surface area (Å²) in [4.78, 5) is 8.86. The summed E-state index contributed by atoms with van der Waals surface area (Å²) in [6.07, 6.45) is 4.60. The fourth-order valence-corrected chi connectivity index (χ4v) is 2.25. The first-order valence-corrected chi connectivity index (χ1v) is 6.45. The average Bonchev–Trinajstić information content (AvgIpc) is 2.85. The van der Waals surface area contributed by atoms with Gasteiger partial charge in [0.25, 0.3) is 0 Å². The number of pyridine rings is 1. The molecule has 0 fully saturated rings. The van der Waals surface area contributed by atoms with Crippen LogP contribution in [0.3, 0.4) is 0 Å². The lowest BCUT2D eigenvalue weighted by Crippen LogP contribution is -2.16. The SMILES string of the molecule is C=CCNCCc1nc(-c2ccccn2)cs1. The summed E-state index contributed by atoms with van der Waals surface area (Å²) in [7, 11) is 0. The van der Waals surface area contributed by atoms with Gasteiger partial charge in [-0.15, -0.1) is 17.9 Å². The first-order chi connectivity index (χ1) is 8.40. The number of nitrogens with zero attached hydrogens (tertiary/aromatic N) is 2. The summed E-state index contributed by atoms with van der Waals surface area (Å²) in [5, 5.41) is 6.47. The van der Waals surface area contributed by atoms with Crippen LogP contribution in [0.4, 0.5) is 0 Å². The van der Waals surface area contributed by atoms with E-state index in [0.29, 0.717) is 0 Å². The van der Waals surface area contributed by atoms with Gasteiger partial charge in [0.15, 0.2) is 0 Å². The van der Waals surface area contributed by atoms with Gasteiger partial charge >= 0.3 is 0 Å². The van der Waals surface area contributed by atoms with Gasteiger partial charge in [-0.25, -0.2) is 4.98 Å². The molecule has 0 atom stereocenters. The molecule has 0 aliphatic heterocycles. The van der Waals surface area contributed by atoms with Gasteiger partial charge in [0.2, 0.25) is 0 Å². The minimum Gasteiger partial charge on any atom is -0.313 e. The van der Waals surface area contributed by atoms with Gasteiger partial charge in [-0.1, -0.05) is 12.1 Å². The number of nitrogens with one attached hydrogen (secondary N) is 1. The number of rotatable bonds is 6.